The summed E-state index contributed by atoms with van der Waals surface area (Å²) in [5, 5.41) is 6.91. The molecule has 2 amide bonds. The summed E-state index contributed by atoms with van der Waals surface area (Å²) in [5.74, 6) is -0.171. The number of para-hydroxylation sites is 1. The maximum absolute atomic E-state index is 12.8. The minimum Gasteiger partial charge on any atom is -0.386 e. The van der Waals surface area contributed by atoms with Crippen molar-refractivity contribution in [2.75, 3.05) is 18.4 Å². The summed E-state index contributed by atoms with van der Waals surface area (Å²) in [6.45, 7) is 3.20. The lowest BCUT2D eigenvalue weighted by Gasteiger charge is -2.38. The van der Waals surface area contributed by atoms with Gasteiger partial charge in [-0.15, -0.1) is 0 Å². The molecule has 1 unspecified atom stereocenters. The Labute approximate surface area is 170 Å². The number of benzene rings is 2. The van der Waals surface area contributed by atoms with E-state index in [9.17, 15) is 9.59 Å². The molecule has 1 N–H and O–H groups in total. The molecule has 0 bridgehead atoms. The number of hydrogen-bond acceptors (Lipinski definition) is 4. The second kappa shape index (κ2) is 8.07. The number of amides is 2. The topological polar surface area (TPSA) is 71.0 Å². The number of rotatable bonds is 4. The number of oxime groups is 1. The number of hydrogen-bond donors (Lipinski definition) is 1. The fraction of sp³-hybridized carbons (Fsp3) is 0.348. The van der Waals surface area contributed by atoms with Gasteiger partial charge in [0.2, 0.25) is 5.91 Å². The van der Waals surface area contributed by atoms with Crippen LogP contribution in [0.1, 0.15) is 30.4 Å². The largest absolute Gasteiger partial charge is 0.386 e. The van der Waals surface area contributed by atoms with Crippen LogP contribution in [0.25, 0.3) is 0 Å². The van der Waals surface area contributed by atoms with Crippen molar-refractivity contribution >= 4 is 23.2 Å². The van der Waals surface area contributed by atoms with E-state index in [0.29, 0.717) is 31.6 Å². The summed E-state index contributed by atoms with van der Waals surface area (Å²) in [6, 6.07) is 17.3. The summed E-state index contributed by atoms with van der Waals surface area (Å²) in [4.78, 5) is 32.9. The third-order valence-electron chi connectivity index (χ3n) is 5.50. The van der Waals surface area contributed by atoms with Gasteiger partial charge in [-0.25, -0.2) is 0 Å². The lowest BCUT2D eigenvalue weighted by molar-refractivity contribution is -0.139. The summed E-state index contributed by atoms with van der Waals surface area (Å²) in [6.07, 6.45) is 2.41. The van der Waals surface area contributed by atoms with Crippen LogP contribution in [-0.2, 0) is 20.8 Å². The van der Waals surface area contributed by atoms with E-state index in [1.807, 2.05) is 66.4 Å². The van der Waals surface area contributed by atoms with Gasteiger partial charge >= 0.3 is 0 Å². The second-order valence-electron chi connectivity index (χ2n) is 7.89. The standard InChI is InChI=1S/C23H25N3O3/c1-17-8-10-18(11-9-17)14-21(27)26-13-5-12-23(16-26)15-20(25-29-23)22(28)24-19-6-3-2-4-7-19/h2-4,6-11H,5,12-16H2,1H3,(H,24,28). The first-order chi connectivity index (χ1) is 14.0. The predicted molar refractivity (Wildman–Crippen MR) is 112 cm³/mol. The van der Waals surface area contributed by atoms with Crippen molar-refractivity contribution in [3.8, 4) is 0 Å². The lowest BCUT2D eigenvalue weighted by atomic mass is 9.87. The molecule has 2 aliphatic heterocycles. The highest BCUT2D eigenvalue weighted by Crippen LogP contribution is 2.34. The van der Waals surface area contributed by atoms with E-state index in [4.69, 9.17) is 4.84 Å². The highest BCUT2D eigenvalue weighted by Gasteiger charge is 2.45. The monoisotopic (exact) mass is 391 g/mol. The van der Waals surface area contributed by atoms with Gasteiger partial charge in [0.1, 0.15) is 5.71 Å². The zero-order valence-corrected chi connectivity index (χ0v) is 16.6. The van der Waals surface area contributed by atoms with Gasteiger partial charge in [-0.2, -0.15) is 0 Å². The number of aryl methyl sites for hydroxylation is 1. The van der Waals surface area contributed by atoms with Crippen LogP contribution >= 0.6 is 0 Å². The molecule has 1 spiro atoms. The number of piperidine rings is 1. The van der Waals surface area contributed by atoms with Crippen molar-refractivity contribution in [2.24, 2.45) is 5.16 Å². The molecule has 29 heavy (non-hydrogen) atoms. The van der Waals surface area contributed by atoms with Crippen molar-refractivity contribution in [1.29, 1.82) is 0 Å². The molecule has 6 nitrogen and oxygen atoms in total. The minimum atomic E-state index is -0.593. The summed E-state index contributed by atoms with van der Waals surface area (Å²) in [5.41, 5.74) is 2.69. The number of carbonyl (C=O) groups excluding carboxylic acids is 2. The smallest absolute Gasteiger partial charge is 0.273 e. The van der Waals surface area contributed by atoms with Crippen LogP contribution in [-0.4, -0.2) is 41.1 Å². The molecule has 0 radical (unpaired) electrons. The molecule has 1 saturated heterocycles. The number of carbonyl (C=O) groups is 2. The van der Waals surface area contributed by atoms with Crippen molar-refractivity contribution in [2.45, 2.75) is 38.2 Å². The van der Waals surface area contributed by atoms with Crippen LogP contribution in [0.2, 0.25) is 0 Å². The molecule has 2 aromatic rings. The Morgan fingerprint density at radius 2 is 1.90 bits per heavy atom. The average molecular weight is 391 g/mol. The zero-order valence-electron chi connectivity index (χ0n) is 16.6. The van der Waals surface area contributed by atoms with Crippen molar-refractivity contribution in [3.05, 3.63) is 65.7 Å². The summed E-state index contributed by atoms with van der Waals surface area (Å²) < 4.78 is 0. The molecule has 2 heterocycles. The molecular formula is C23H25N3O3. The molecule has 2 aliphatic rings. The summed E-state index contributed by atoms with van der Waals surface area (Å²) >= 11 is 0. The molecule has 0 aliphatic carbocycles. The maximum atomic E-state index is 12.8. The van der Waals surface area contributed by atoms with E-state index in [-0.39, 0.29) is 11.8 Å². The van der Waals surface area contributed by atoms with E-state index in [0.717, 1.165) is 24.1 Å². The first-order valence-corrected chi connectivity index (χ1v) is 9.98. The molecule has 0 aromatic heterocycles. The van der Waals surface area contributed by atoms with Crippen molar-refractivity contribution in [1.82, 2.24) is 4.90 Å². The molecular weight excluding hydrogens is 366 g/mol. The fourth-order valence-corrected chi connectivity index (χ4v) is 3.89. The van der Waals surface area contributed by atoms with Crippen molar-refractivity contribution < 1.29 is 14.4 Å². The number of likely N-dealkylation sites (tertiary alicyclic amines) is 1. The first kappa shape index (κ1) is 19.2. The highest BCUT2D eigenvalue weighted by atomic mass is 16.7. The first-order valence-electron chi connectivity index (χ1n) is 9.98. The molecule has 6 heteroatoms. The summed E-state index contributed by atoms with van der Waals surface area (Å²) in [7, 11) is 0. The average Bonchev–Trinajstić information content (AvgIpc) is 3.14. The Kier molecular flexibility index (Phi) is 5.34. The fourth-order valence-electron chi connectivity index (χ4n) is 3.89. The van der Waals surface area contributed by atoms with Gasteiger partial charge in [0.25, 0.3) is 5.91 Å². The quantitative estimate of drug-likeness (QED) is 0.869. The van der Waals surface area contributed by atoms with Crippen LogP contribution < -0.4 is 5.32 Å². The van der Waals surface area contributed by atoms with Crippen LogP contribution in [0.15, 0.2) is 59.8 Å². The van der Waals surface area contributed by atoms with E-state index >= 15 is 0 Å². The van der Waals surface area contributed by atoms with Crippen LogP contribution in [0.3, 0.4) is 0 Å². The molecule has 150 valence electrons. The van der Waals surface area contributed by atoms with Gasteiger partial charge in [-0.3, -0.25) is 9.59 Å². The lowest BCUT2D eigenvalue weighted by Crippen LogP contribution is -2.51. The van der Waals surface area contributed by atoms with Gasteiger partial charge in [0, 0.05) is 18.7 Å². The highest BCUT2D eigenvalue weighted by molar-refractivity contribution is 6.43. The zero-order chi connectivity index (χ0) is 20.3. The van der Waals surface area contributed by atoms with E-state index in [2.05, 4.69) is 10.5 Å². The predicted octanol–water partition coefficient (Wildman–Crippen LogP) is 3.31. The Hall–Kier alpha value is -3.15. The Bertz CT molecular complexity index is 924. The van der Waals surface area contributed by atoms with Gasteiger partial charge in [0.05, 0.1) is 13.0 Å². The molecule has 1 fully saturated rings. The number of nitrogens with zero attached hydrogens (tertiary/aromatic N) is 2. The third kappa shape index (κ3) is 4.47. The van der Waals surface area contributed by atoms with E-state index in [1.165, 1.54) is 5.56 Å². The minimum absolute atomic E-state index is 0.0821. The number of nitrogens with one attached hydrogen (secondary N) is 1. The molecule has 1 atom stereocenters. The Morgan fingerprint density at radius 3 is 2.66 bits per heavy atom. The second-order valence-corrected chi connectivity index (χ2v) is 7.89. The van der Waals surface area contributed by atoms with Crippen molar-refractivity contribution in [3.63, 3.8) is 0 Å². The SMILES string of the molecule is Cc1ccc(CC(=O)N2CCCC3(CC(C(=O)Nc4ccccc4)=NO3)C2)cc1. The Balaban J connectivity index is 1.36. The molecule has 2 aromatic carbocycles. The van der Waals surface area contributed by atoms with E-state index in [1.54, 1.807) is 0 Å². The van der Waals surface area contributed by atoms with E-state index < -0.39 is 5.60 Å². The Morgan fingerprint density at radius 1 is 1.14 bits per heavy atom. The van der Waals surface area contributed by atoms with Gasteiger partial charge < -0.3 is 15.1 Å². The van der Waals surface area contributed by atoms with Crippen LogP contribution in [0, 0.1) is 6.92 Å². The van der Waals surface area contributed by atoms with Gasteiger partial charge in [-0.1, -0.05) is 53.2 Å². The number of anilines is 1. The van der Waals surface area contributed by atoms with Gasteiger partial charge in [0.15, 0.2) is 5.60 Å². The van der Waals surface area contributed by atoms with Crippen LogP contribution in [0.5, 0.6) is 0 Å². The molecule has 0 saturated carbocycles. The normalized spacial score (nSPS) is 20.9. The third-order valence-corrected chi connectivity index (χ3v) is 5.50. The van der Waals surface area contributed by atoms with Gasteiger partial charge in [-0.05, 0) is 37.5 Å². The van der Waals surface area contributed by atoms with Crippen LogP contribution in [0.4, 0.5) is 5.69 Å². The molecule has 4 rings (SSSR count). The maximum Gasteiger partial charge on any atom is 0.273 e.